The van der Waals surface area contributed by atoms with Gasteiger partial charge < -0.3 is 5.32 Å². The van der Waals surface area contributed by atoms with Crippen LogP contribution in [0.25, 0.3) is 11.5 Å². The molecule has 0 radical (unpaired) electrons. The first kappa shape index (κ1) is 12.4. The molecule has 0 saturated carbocycles. The van der Waals surface area contributed by atoms with Crippen LogP contribution in [0.15, 0.2) is 18.6 Å². The van der Waals surface area contributed by atoms with E-state index in [9.17, 15) is 0 Å². The molecule has 0 amide bonds. The van der Waals surface area contributed by atoms with Crippen LogP contribution in [0.2, 0.25) is 0 Å². The van der Waals surface area contributed by atoms with Crippen molar-refractivity contribution in [2.75, 3.05) is 11.9 Å². The summed E-state index contributed by atoms with van der Waals surface area (Å²) in [7, 11) is 0. The van der Waals surface area contributed by atoms with Crippen LogP contribution >= 0.6 is 0 Å². The molecule has 0 fully saturated rings. The predicted octanol–water partition coefficient (Wildman–Crippen LogP) is 2.37. The molecule has 0 saturated heterocycles. The molecule has 2 rings (SSSR count). The lowest BCUT2D eigenvalue weighted by atomic mass is 10.2. The highest BCUT2D eigenvalue weighted by Gasteiger charge is 2.09. The zero-order chi connectivity index (χ0) is 13.0. The van der Waals surface area contributed by atoms with Crippen molar-refractivity contribution in [3.05, 3.63) is 29.8 Å². The summed E-state index contributed by atoms with van der Waals surface area (Å²) in [4.78, 5) is 17.2. The van der Waals surface area contributed by atoms with Crippen molar-refractivity contribution in [2.24, 2.45) is 0 Å². The second-order valence-electron chi connectivity index (χ2n) is 4.12. The molecular formula is C13H17N5. The molecule has 18 heavy (non-hydrogen) atoms. The smallest absolute Gasteiger partial charge is 0.182 e. The van der Waals surface area contributed by atoms with Gasteiger partial charge in [-0.2, -0.15) is 0 Å². The molecule has 5 nitrogen and oxygen atoms in total. The SMILES string of the molecule is CCCNc1nc(-c2cnccn2)nc(C)c1C. The molecule has 0 aliphatic rings. The van der Waals surface area contributed by atoms with Crippen LogP contribution < -0.4 is 5.32 Å². The first-order valence-corrected chi connectivity index (χ1v) is 6.08. The fourth-order valence-corrected chi connectivity index (χ4v) is 1.57. The zero-order valence-corrected chi connectivity index (χ0v) is 10.9. The Morgan fingerprint density at radius 2 is 2.00 bits per heavy atom. The molecule has 1 N–H and O–H groups in total. The zero-order valence-electron chi connectivity index (χ0n) is 10.9. The topological polar surface area (TPSA) is 63.6 Å². The molecule has 0 aliphatic heterocycles. The molecular weight excluding hydrogens is 226 g/mol. The molecule has 0 bridgehead atoms. The maximum atomic E-state index is 4.52. The minimum Gasteiger partial charge on any atom is -0.370 e. The molecule has 0 unspecified atom stereocenters. The fourth-order valence-electron chi connectivity index (χ4n) is 1.57. The summed E-state index contributed by atoms with van der Waals surface area (Å²) in [5.41, 5.74) is 2.74. The Kier molecular flexibility index (Phi) is 3.82. The van der Waals surface area contributed by atoms with Gasteiger partial charge in [-0.15, -0.1) is 0 Å². The van der Waals surface area contributed by atoms with Crippen LogP contribution in [0, 0.1) is 13.8 Å². The van der Waals surface area contributed by atoms with Gasteiger partial charge in [0.05, 0.1) is 6.20 Å². The van der Waals surface area contributed by atoms with Crippen molar-refractivity contribution in [1.29, 1.82) is 0 Å². The van der Waals surface area contributed by atoms with Gasteiger partial charge in [0, 0.05) is 30.2 Å². The van der Waals surface area contributed by atoms with Crippen molar-refractivity contribution in [3.63, 3.8) is 0 Å². The first-order chi connectivity index (χ1) is 8.72. The Labute approximate surface area is 107 Å². The summed E-state index contributed by atoms with van der Waals surface area (Å²) >= 11 is 0. The van der Waals surface area contributed by atoms with Crippen molar-refractivity contribution in [2.45, 2.75) is 27.2 Å². The monoisotopic (exact) mass is 243 g/mol. The summed E-state index contributed by atoms with van der Waals surface area (Å²) in [5, 5.41) is 3.31. The van der Waals surface area contributed by atoms with E-state index in [-0.39, 0.29) is 0 Å². The molecule has 0 aliphatic carbocycles. The van der Waals surface area contributed by atoms with Crippen molar-refractivity contribution in [3.8, 4) is 11.5 Å². The summed E-state index contributed by atoms with van der Waals surface area (Å²) in [6.45, 7) is 7.03. The predicted molar refractivity (Wildman–Crippen MR) is 71.3 cm³/mol. The van der Waals surface area contributed by atoms with E-state index in [4.69, 9.17) is 0 Å². The first-order valence-electron chi connectivity index (χ1n) is 6.08. The molecule has 2 aromatic heterocycles. The quantitative estimate of drug-likeness (QED) is 0.893. The van der Waals surface area contributed by atoms with Crippen LogP contribution in [0.1, 0.15) is 24.6 Å². The Bertz CT molecular complexity index is 524. The minimum absolute atomic E-state index is 0.616. The molecule has 2 heterocycles. The lowest BCUT2D eigenvalue weighted by Crippen LogP contribution is -2.08. The van der Waals surface area contributed by atoms with Crippen LogP contribution in [0.5, 0.6) is 0 Å². The number of aromatic nitrogens is 4. The number of nitrogens with one attached hydrogen (secondary N) is 1. The number of rotatable bonds is 4. The second kappa shape index (κ2) is 5.53. The van der Waals surface area contributed by atoms with Crippen molar-refractivity contribution in [1.82, 2.24) is 19.9 Å². The third kappa shape index (κ3) is 2.61. The van der Waals surface area contributed by atoms with E-state index in [0.717, 1.165) is 30.0 Å². The number of hydrogen-bond donors (Lipinski definition) is 1. The van der Waals surface area contributed by atoms with Crippen LogP contribution in [-0.4, -0.2) is 26.5 Å². The molecule has 2 aromatic rings. The fraction of sp³-hybridized carbons (Fsp3) is 0.385. The average Bonchev–Trinajstić information content (AvgIpc) is 2.41. The molecule has 0 spiro atoms. The number of nitrogens with zero attached hydrogens (tertiary/aromatic N) is 4. The molecule has 94 valence electrons. The molecule has 0 aromatic carbocycles. The largest absolute Gasteiger partial charge is 0.370 e. The lowest BCUT2D eigenvalue weighted by Gasteiger charge is -2.11. The van der Waals surface area contributed by atoms with Crippen LogP contribution in [0.4, 0.5) is 5.82 Å². The molecule has 5 heteroatoms. The van der Waals surface area contributed by atoms with E-state index in [1.807, 2.05) is 13.8 Å². The van der Waals surface area contributed by atoms with Gasteiger partial charge >= 0.3 is 0 Å². The van der Waals surface area contributed by atoms with Gasteiger partial charge in [-0.3, -0.25) is 4.98 Å². The van der Waals surface area contributed by atoms with E-state index < -0.39 is 0 Å². The van der Waals surface area contributed by atoms with Gasteiger partial charge in [0.15, 0.2) is 5.82 Å². The van der Waals surface area contributed by atoms with E-state index in [2.05, 4.69) is 32.2 Å². The van der Waals surface area contributed by atoms with Gasteiger partial charge in [-0.05, 0) is 20.3 Å². The van der Waals surface area contributed by atoms with Gasteiger partial charge in [0.25, 0.3) is 0 Å². The minimum atomic E-state index is 0.616. The summed E-state index contributed by atoms with van der Waals surface area (Å²) in [6.07, 6.45) is 6.02. The number of anilines is 1. The molecule has 0 atom stereocenters. The van der Waals surface area contributed by atoms with Gasteiger partial charge in [-0.25, -0.2) is 15.0 Å². The van der Waals surface area contributed by atoms with E-state index in [0.29, 0.717) is 11.5 Å². The summed E-state index contributed by atoms with van der Waals surface area (Å²) in [6, 6.07) is 0. The van der Waals surface area contributed by atoms with E-state index in [1.54, 1.807) is 18.6 Å². The Morgan fingerprint density at radius 1 is 1.17 bits per heavy atom. The van der Waals surface area contributed by atoms with E-state index in [1.165, 1.54) is 0 Å². The summed E-state index contributed by atoms with van der Waals surface area (Å²) < 4.78 is 0. The standard InChI is InChI=1S/C13H17N5/c1-4-5-16-12-9(2)10(3)17-13(18-12)11-8-14-6-7-15-11/h6-8H,4-5H2,1-3H3,(H,16,17,18). The maximum absolute atomic E-state index is 4.52. The van der Waals surface area contributed by atoms with Crippen molar-refractivity contribution >= 4 is 5.82 Å². The third-order valence-electron chi connectivity index (χ3n) is 2.72. The maximum Gasteiger partial charge on any atom is 0.182 e. The Balaban J connectivity index is 2.41. The number of aryl methyl sites for hydroxylation is 1. The highest BCUT2D eigenvalue weighted by atomic mass is 15.0. The normalized spacial score (nSPS) is 10.4. The lowest BCUT2D eigenvalue weighted by molar-refractivity contribution is 0.952. The number of hydrogen-bond acceptors (Lipinski definition) is 5. The second-order valence-corrected chi connectivity index (χ2v) is 4.12. The Hall–Kier alpha value is -2.04. The van der Waals surface area contributed by atoms with Crippen LogP contribution in [-0.2, 0) is 0 Å². The highest BCUT2D eigenvalue weighted by molar-refractivity contribution is 5.55. The van der Waals surface area contributed by atoms with Crippen LogP contribution in [0.3, 0.4) is 0 Å². The van der Waals surface area contributed by atoms with E-state index >= 15 is 0 Å². The van der Waals surface area contributed by atoms with Crippen molar-refractivity contribution < 1.29 is 0 Å². The van der Waals surface area contributed by atoms with Gasteiger partial charge in [0.2, 0.25) is 0 Å². The third-order valence-corrected chi connectivity index (χ3v) is 2.72. The van der Waals surface area contributed by atoms with Gasteiger partial charge in [0.1, 0.15) is 11.5 Å². The Morgan fingerprint density at radius 3 is 2.67 bits per heavy atom. The van der Waals surface area contributed by atoms with Gasteiger partial charge in [-0.1, -0.05) is 6.92 Å². The highest BCUT2D eigenvalue weighted by Crippen LogP contribution is 2.19. The summed E-state index contributed by atoms with van der Waals surface area (Å²) in [5.74, 6) is 1.50. The average molecular weight is 243 g/mol.